The van der Waals surface area contributed by atoms with Crippen LogP contribution in [0.2, 0.25) is 0 Å². The molecular weight excluding hydrogens is 290 g/mol. The normalized spacial score (nSPS) is 20.3. The summed E-state index contributed by atoms with van der Waals surface area (Å²) in [4.78, 5) is 25.5. The summed E-state index contributed by atoms with van der Waals surface area (Å²) < 4.78 is 0. The van der Waals surface area contributed by atoms with Gasteiger partial charge in [0, 0.05) is 13.0 Å². The zero-order chi connectivity index (χ0) is 16.5. The van der Waals surface area contributed by atoms with E-state index in [1.807, 2.05) is 0 Å². The molecule has 2 rings (SSSR count). The molecule has 5 nitrogen and oxygen atoms in total. The predicted molar refractivity (Wildman–Crippen MR) is 91.8 cm³/mol. The van der Waals surface area contributed by atoms with Gasteiger partial charge in [0.05, 0.1) is 6.54 Å². The molecule has 0 aromatic carbocycles. The van der Waals surface area contributed by atoms with Crippen molar-refractivity contribution in [3.63, 3.8) is 0 Å². The number of carbonyl (C=O) groups excluding carboxylic acids is 2. The maximum absolute atomic E-state index is 12.5. The zero-order valence-electron chi connectivity index (χ0n) is 14.4. The van der Waals surface area contributed by atoms with E-state index in [0.717, 1.165) is 44.7 Å². The molecule has 2 fully saturated rings. The summed E-state index contributed by atoms with van der Waals surface area (Å²) in [6, 6.07) is 0. The molecule has 0 spiro atoms. The highest BCUT2D eigenvalue weighted by atomic mass is 16.2. The van der Waals surface area contributed by atoms with E-state index < -0.39 is 5.91 Å². The summed E-state index contributed by atoms with van der Waals surface area (Å²) in [5, 5.41) is 3.35. The third kappa shape index (κ3) is 6.90. The second kappa shape index (κ2) is 9.91. The smallest absolute Gasteiger partial charge is 0.237 e. The van der Waals surface area contributed by atoms with Gasteiger partial charge in [-0.05, 0) is 50.6 Å². The van der Waals surface area contributed by atoms with Gasteiger partial charge in [0.15, 0.2) is 0 Å². The average Bonchev–Trinajstić information content (AvgIpc) is 2.58. The quantitative estimate of drug-likeness (QED) is 0.718. The van der Waals surface area contributed by atoms with Crippen molar-refractivity contribution in [2.45, 2.75) is 64.2 Å². The van der Waals surface area contributed by atoms with E-state index in [1.54, 1.807) is 4.90 Å². The first-order valence-corrected chi connectivity index (χ1v) is 9.42. The van der Waals surface area contributed by atoms with Crippen LogP contribution in [0.15, 0.2) is 0 Å². The van der Waals surface area contributed by atoms with Gasteiger partial charge in [-0.15, -0.1) is 0 Å². The zero-order valence-corrected chi connectivity index (χ0v) is 14.4. The Morgan fingerprint density at radius 1 is 0.957 bits per heavy atom. The summed E-state index contributed by atoms with van der Waals surface area (Å²) in [6.45, 7) is 2.90. The molecule has 1 saturated carbocycles. The highest BCUT2D eigenvalue weighted by Crippen LogP contribution is 2.26. The van der Waals surface area contributed by atoms with Crippen molar-refractivity contribution in [3.05, 3.63) is 0 Å². The van der Waals surface area contributed by atoms with Crippen LogP contribution in [-0.2, 0) is 9.59 Å². The number of hydrogen-bond acceptors (Lipinski definition) is 3. The van der Waals surface area contributed by atoms with E-state index in [2.05, 4.69) is 5.32 Å². The van der Waals surface area contributed by atoms with Crippen LogP contribution < -0.4 is 11.1 Å². The Labute approximate surface area is 140 Å². The summed E-state index contributed by atoms with van der Waals surface area (Å²) in [5.41, 5.74) is 5.34. The van der Waals surface area contributed by atoms with Gasteiger partial charge in [0.25, 0.3) is 0 Å². The molecule has 132 valence electrons. The van der Waals surface area contributed by atoms with Crippen molar-refractivity contribution in [1.29, 1.82) is 0 Å². The van der Waals surface area contributed by atoms with E-state index >= 15 is 0 Å². The lowest BCUT2D eigenvalue weighted by Crippen LogP contribution is -2.40. The Morgan fingerprint density at radius 2 is 1.61 bits per heavy atom. The van der Waals surface area contributed by atoms with Gasteiger partial charge in [-0.2, -0.15) is 0 Å². The van der Waals surface area contributed by atoms with Gasteiger partial charge >= 0.3 is 0 Å². The summed E-state index contributed by atoms with van der Waals surface area (Å²) >= 11 is 0. The Morgan fingerprint density at radius 3 is 2.26 bits per heavy atom. The number of primary amides is 1. The van der Waals surface area contributed by atoms with E-state index in [-0.39, 0.29) is 12.5 Å². The van der Waals surface area contributed by atoms with Crippen LogP contribution in [0.5, 0.6) is 0 Å². The van der Waals surface area contributed by atoms with E-state index in [0.29, 0.717) is 18.9 Å². The molecule has 3 N–H and O–H groups in total. The van der Waals surface area contributed by atoms with Crippen LogP contribution in [0.3, 0.4) is 0 Å². The molecule has 0 bridgehead atoms. The number of amides is 2. The molecule has 1 saturated heterocycles. The van der Waals surface area contributed by atoms with Crippen molar-refractivity contribution in [2.75, 3.05) is 26.2 Å². The Balaban J connectivity index is 1.75. The van der Waals surface area contributed by atoms with E-state index in [1.165, 1.54) is 32.1 Å². The minimum Gasteiger partial charge on any atom is -0.368 e. The van der Waals surface area contributed by atoms with Gasteiger partial charge in [-0.25, -0.2) is 0 Å². The van der Waals surface area contributed by atoms with Gasteiger partial charge in [0.2, 0.25) is 11.8 Å². The fourth-order valence-electron chi connectivity index (χ4n) is 3.95. The van der Waals surface area contributed by atoms with Crippen LogP contribution in [0.1, 0.15) is 64.2 Å². The van der Waals surface area contributed by atoms with Gasteiger partial charge in [-0.3, -0.25) is 9.59 Å². The van der Waals surface area contributed by atoms with Crippen molar-refractivity contribution in [1.82, 2.24) is 10.2 Å². The maximum atomic E-state index is 12.5. The molecule has 2 aliphatic rings. The number of rotatable bonds is 8. The van der Waals surface area contributed by atoms with E-state index in [9.17, 15) is 9.59 Å². The number of hydrogen-bond donors (Lipinski definition) is 2. The highest BCUT2D eigenvalue weighted by Gasteiger charge is 2.21. The van der Waals surface area contributed by atoms with Crippen LogP contribution in [0, 0.1) is 11.8 Å². The summed E-state index contributed by atoms with van der Waals surface area (Å²) in [5.74, 6) is 1.08. The van der Waals surface area contributed by atoms with Gasteiger partial charge in [0.1, 0.15) is 0 Å². The highest BCUT2D eigenvalue weighted by molar-refractivity contribution is 5.83. The second-order valence-electron chi connectivity index (χ2n) is 7.31. The van der Waals surface area contributed by atoms with Crippen molar-refractivity contribution >= 4 is 11.8 Å². The third-order valence-corrected chi connectivity index (χ3v) is 5.46. The van der Waals surface area contributed by atoms with Gasteiger partial charge < -0.3 is 16.0 Å². The molecule has 1 aliphatic heterocycles. The Kier molecular flexibility index (Phi) is 7.86. The first-order valence-electron chi connectivity index (χ1n) is 9.42. The lowest BCUT2D eigenvalue weighted by atomic mass is 9.87. The fraction of sp³-hybridized carbons (Fsp3) is 0.889. The standard InChI is InChI=1S/C18H33N3O2/c19-17(22)14-21(13-10-15-4-2-1-3-5-15)18(23)7-6-16-8-11-20-12-9-16/h15-16,20H,1-14H2,(H2,19,22). The fourth-order valence-corrected chi connectivity index (χ4v) is 3.95. The van der Waals surface area contributed by atoms with Crippen LogP contribution >= 0.6 is 0 Å². The lowest BCUT2D eigenvalue weighted by molar-refractivity contribution is -0.135. The lowest BCUT2D eigenvalue weighted by Gasteiger charge is -2.27. The molecule has 0 radical (unpaired) electrons. The molecular formula is C18H33N3O2. The summed E-state index contributed by atoms with van der Waals surface area (Å²) in [6.07, 6.45) is 11.3. The Bertz CT molecular complexity index is 374. The van der Waals surface area contributed by atoms with Crippen LogP contribution in [0.4, 0.5) is 0 Å². The van der Waals surface area contributed by atoms with Crippen LogP contribution in [-0.4, -0.2) is 42.9 Å². The number of nitrogens with two attached hydrogens (primary N) is 1. The number of carbonyl (C=O) groups is 2. The molecule has 1 heterocycles. The number of piperidine rings is 1. The first kappa shape index (κ1) is 18.2. The molecule has 2 amide bonds. The predicted octanol–water partition coefficient (Wildman–Crippen LogP) is 2.05. The number of nitrogens with zero attached hydrogens (tertiary/aromatic N) is 1. The van der Waals surface area contributed by atoms with Crippen molar-refractivity contribution < 1.29 is 9.59 Å². The first-order chi connectivity index (χ1) is 11.1. The summed E-state index contributed by atoms with van der Waals surface area (Å²) in [7, 11) is 0. The molecule has 1 aliphatic carbocycles. The second-order valence-corrected chi connectivity index (χ2v) is 7.31. The molecule has 0 aromatic rings. The molecule has 5 heteroatoms. The third-order valence-electron chi connectivity index (χ3n) is 5.46. The molecule has 23 heavy (non-hydrogen) atoms. The minimum absolute atomic E-state index is 0.0811. The van der Waals surface area contributed by atoms with Gasteiger partial charge in [-0.1, -0.05) is 32.1 Å². The molecule has 0 atom stereocenters. The molecule has 0 aromatic heterocycles. The van der Waals surface area contributed by atoms with E-state index in [4.69, 9.17) is 5.73 Å². The largest absolute Gasteiger partial charge is 0.368 e. The topological polar surface area (TPSA) is 75.4 Å². The monoisotopic (exact) mass is 323 g/mol. The number of nitrogens with one attached hydrogen (secondary N) is 1. The maximum Gasteiger partial charge on any atom is 0.237 e. The Hall–Kier alpha value is -1.10. The SMILES string of the molecule is NC(=O)CN(CCC1CCCCC1)C(=O)CCC1CCNCC1. The average molecular weight is 323 g/mol. The van der Waals surface area contributed by atoms with Crippen LogP contribution in [0.25, 0.3) is 0 Å². The van der Waals surface area contributed by atoms with Crippen molar-refractivity contribution in [3.8, 4) is 0 Å². The van der Waals surface area contributed by atoms with Crippen molar-refractivity contribution in [2.24, 2.45) is 17.6 Å². The minimum atomic E-state index is -0.399. The molecule has 0 unspecified atom stereocenters.